The van der Waals surface area contributed by atoms with Crippen LogP contribution in [-0.4, -0.2) is 120 Å². The molecule has 0 aliphatic carbocycles. The van der Waals surface area contributed by atoms with Crippen molar-refractivity contribution in [2.24, 2.45) is 0 Å². The van der Waals surface area contributed by atoms with Crippen molar-refractivity contribution in [2.45, 2.75) is 136 Å². The Hall–Kier alpha value is -4.83. The second-order valence-corrected chi connectivity index (χ2v) is 20.9. The lowest BCUT2D eigenvalue weighted by Crippen LogP contribution is -2.64. The van der Waals surface area contributed by atoms with E-state index in [-0.39, 0.29) is 62.5 Å². The molecule has 5 atom stereocenters. The Labute approximate surface area is 351 Å². The molecule has 3 unspecified atom stereocenters. The minimum atomic E-state index is -2.38. The van der Waals surface area contributed by atoms with Crippen LogP contribution < -0.4 is 20.9 Å². The zero-order valence-corrected chi connectivity index (χ0v) is 37.5. The van der Waals surface area contributed by atoms with Gasteiger partial charge in [-0.15, -0.1) is 0 Å². The second kappa shape index (κ2) is 23.2. The number of benzene rings is 1. The predicted molar refractivity (Wildman–Crippen MR) is 213 cm³/mol. The van der Waals surface area contributed by atoms with Crippen LogP contribution in [-0.2, 0) is 77.8 Å². The van der Waals surface area contributed by atoms with E-state index in [4.69, 9.17) is 47.2 Å². The average Bonchev–Trinajstić information content (AvgIpc) is 3.11. The highest BCUT2D eigenvalue weighted by Crippen LogP contribution is 2.39. The number of methoxy groups -OCH3 is 1. The molecule has 60 heavy (non-hydrogen) atoms. The van der Waals surface area contributed by atoms with Gasteiger partial charge in [-0.3, -0.25) is 28.8 Å². The predicted octanol–water partition coefficient (Wildman–Crippen LogP) is 3.59. The number of rotatable bonds is 20. The fourth-order valence-electron chi connectivity index (χ4n) is 5.07. The summed E-state index contributed by atoms with van der Waals surface area (Å²) in [6.07, 6.45) is -9.00. The number of hydrogen-bond acceptors (Lipinski definition) is 17. The maximum atomic E-state index is 13.0. The number of carbonyl (C=O) groups is 7. The molecular weight excluding hydrogens is 811 g/mol. The molecule has 338 valence electrons. The first-order valence-electron chi connectivity index (χ1n) is 19.3. The Morgan fingerprint density at radius 2 is 1.38 bits per heavy atom. The van der Waals surface area contributed by atoms with Crippen molar-refractivity contribution < 1.29 is 80.7 Å². The molecule has 0 radical (unpaired) electrons. The molecule has 3 amide bonds. The van der Waals surface area contributed by atoms with Gasteiger partial charge < -0.3 is 53.0 Å². The summed E-state index contributed by atoms with van der Waals surface area (Å²) in [5, 5.41) is 5.24. The van der Waals surface area contributed by atoms with Crippen LogP contribution >= 0.6 is 0 Å². The monoisotopic (exact) mass is 871 g/mol. The smallest absolute Gasteiger partial charge is 0.431 e. The SMILES string of the molecule is COC(=O)C1O[C@@H](Oc2ccc(NC(=O)CCC(=O)NCCOCCONC(=O)OC(C)(C)C)cc2CO[Si](C)(C)C(C)(C)C)C(OC(C)=O)C(OC(C)=O)[C@@H]1OC(C)=O. The normalized spacial score (nSPS) is 19.2. The fourth-order valence-corrected chi connectivity index (χ4v) is 6.02. The summed E-state index contributed by atoms with van der Waals surface area (Å²) >= 11 is 0. The quantitative estimate of drug-likeness (QED) is 0.0557. The van der Waals surface area contributed by atoms with Crippen molar-refractivity contribution in [3.8, 4) is 5.75 Å². The molecule has 0 aromatic heterocycles. The van der Waals surface area contributed by atoms with Crippen LogP contribution in [0, 0.1) is 0 Å². The highest BCUT2D eigenvalue weighted by Gasteiger charge is 2.56. The van der Waals surface area contributed by atoms with E-state index in [9.17, 15) is 33.6 Å². The van der Waals surface area contributed by atoms with Crippen LogP contribution in [0.15, 0.2) is 18.2 Å². The molecule has 1 heterocycles. The molecule has 0 bridgehead atoms. The van der Waals surface area contributed by atoms with E-state index in [0.717, 1.165) is 27.9 Å². The topological polar surface area (TPSA) is 248 Å². The van der Waals surface area contributed by atoms with Crippen LogP contribution in [0.1, 0.15) is 80.7 Å². The highest BCUT2D eigenvalue weighted by atomic mass is 28.4. The molecule has 0 saturated carbocycles. The second-order valence-electron chi connectivity index (χ2n) is 16.1. The zero-order chi connectivity index (χ0) is 45.4. The Balaban J connectivity index is 2.21. The fraction of sp³-hybridized carbons (Fsp3) is 0.667. The first kappa shape index (κ1) is 51.3. The lowest BCUT2D eigenvalue weighted by atomic mass is 9.97. The number of esters is 4. The van der Waals surface area contributed by atoms with E-state index in [2.05, 4.69) is 36.9 Å². The lowest BCUT2D eigenvalue weighted by Gasteiger charge is -2.43. The summed E-state index contributed by atoms with van der Waals surface area (Å²) in [6, 6.07) is 4.60. The van der Waals surface area contributed by atoms with Gasteiger partial charge in [0.1, 0.15) is 11.4 Å². The van der Waals surface area contributed by atoms with E-state index in [1.807, 2.05) is 13.1 Å². The minimum absolute atomic E-state index is 0.0127. The van der Waals surface area contributed by atoms with Gasteiger partial charge in [0, 0.05) is 51.4 Å². The molecule has 21 heteroatoms. The lowest BCUT2D eigenvalue weighted by molar-refractivity contribution is -0.282. The summed E-state index contributed by atoms with van der Waals surface area (Å²) in [6.45, 7) is 19.2. The van der Waals surface area contributed by atoms with Gasteiger partial charge in [-0.05, 0) is 57.1 Å². The molecule has 20 nitrogen and oxygen atoms in total. The Morgan fingerprint density at radius 1 is 0.783 bits per heavy atom. The summed E-state index contributed by atoms with van der Waals surface area (Å²) in [4.78, 5) is 91.6. The molecule has 1 aromatic rings. The van der Waals surface area contributed by atoms with Crippen LogP contribution in [0.4, 0.5) is 10.5 Å². The van der Waals surface area contributed by atoms with Gasteiger partial charge in [0.2, 0.25) is 24.2 Å². The van der Waals surface area contributed by atoms with Gasteiger partial charge in [0.25, 0.3) is 0 Å². The summed E-state index contributed by atoms with van der Waals surface area (Å²) < 4.78 is 50.3. The van der Waals surface area contributed by atoms with E-state index in [1.54, 1.807) is 26.8 Å². The standard InChI is InChI=1S/C39H61N3O17Si/c1-23(43)54-31-32(55-24(2)44)34(56-25(3)45)36(58-33(31)35(48)50-10)57-28-14-13-27(21-26(28)22-53-60(11,12)39(7,8)9)41-30(47)16-15-29(46)40-17-18-51-19-20-52-42-37(49)59-38(4,5)6/h13-14,21,31-34,36H,15-20,22H2,1-12H3,(H,40,46)(H,41,47)(H,42,49)/t31-,32?,33?,34?,36+/m0/s1. The number of nitrogens with one attached hydrogen (secondary N) is 3. The molecule has 3 N–H and O–H groups in total. The van der Waals surface area contributed by atoms with Crippen molar-refractivity contribution in [3.63, 3.8) is 0 Å². The Morgan fingerprint density at radius 3 is 1.97 bits per heavy atom. The molecule has 2 rings (SSSR count). The third kappa shape index (κ3) is 17.8. The number of anilines is 1. The third-order valence-corrected chi connectivity index (χ3v) is 13.3. The van der Waals surface area contributed by atoms with Crippen LogP contribution in [0.5, 0.6) is 5.75 Å². The van der Waals surface area contributed by atoms with E-state index in [1.165, 1.54) is 12.1 Å². The summed E-state index contributed by atoms with van der Waals surface area (Å²) in [5.74, 6) is -4.24. The van der Waals surface area contributed by atoms with Gasteiger partial charge in [-0.1, -0.05) is 20.8 Å². The van der Waals surface area contributed by atoms with Gasteiger partial charge in [0.05, 0.1) is 33.5 Å². The summed E-state index contributed by atoms with van der Waals surface area (Å²) in [5.41, 5.74) is 2.22. The highest BCUT2D eigenvalue weighted by molar-refractivity contribution is 6.74. The van der Waals surface area contributed by atoms with E-state index >= 15 is 0 Å². The number of carbonyl (C=O) groups excluding carboxylic acids is 7. The molecule has 1 fully saturated rings. The third-order valence-electron chi connectivity index (χ3n) is 8.85. The molecular formula is C39H61N3O17Si. The molecule has 1 saturated heterocycles. The maximum absolute atomic E-state index is 13.0. The largest absolute Gasteiger partial charge is 0.467 e. The number of amides is 3. The van der Waals surface area contributed by atoms with Crippen LogP contribution in [0.3, 0.4) is 0 Å². The zero-order valence-electron chi connectivity index (χ0n) is 36.5. The minimum Gasteiger partial charge on any atom is -0.467 e. The van der Waals surface area contributed by atoms with Crippen molar-refractivity contribution in [1.82, 2.24) is 10.8 Å². The molecule has 1 aromatic carbocycles. The Kier molecular flexibility index (Phi) is 19.9. The first-order chi connectivity index (χ1) is 27.8. The van der Waals surface area contributed by atoms with Gasteiger partial charge in [0.15, 0.2) is 26.6 Å². The van der Waals surface area contributed by atoms with Crippen LogP contribution in [0.2, 0.25) is 18.1 Å². The first-order valence-corrected chi connectivity index (χ1v) is 22.2. The van der Waals surface area contributed by atoms with Crippen molar-refractivity contribution in [1.29, 1.82) is 0 Å². The Bertz CT molecular complexity index is 1660. The van der Waals surface area contributed by atoms with E-state index < -0.39 is 80.5 Å². The van der Waals surface area contributed by atoms with Gasteiger partial charge >= 0.3 is 30.0 Å². The molecule has 0 spiro atoms. The number of hydrogen-bond donors (Lipinski definition) is 3. The van der Waals surface area contributed by atoms with E-state index in [0.29, 0.717) is 11.3 Å². The van der Waals surface area contributed by atoms with Gasteiger partial charge in [-0.25, -0.2) is 9.59 Å². The molecule has 1 aliphatic rings. The van der Waals surface area contributed by atoms with Crippen molar-refractivity contribution in [2.75, 3.05) is 38.8 Å². The van der Waals surface area contributed by atoms with Crippen molar-refractivity contribution >= 4 is 55.8 Å². The number of ether oxygens (including phenoxy) is 8. The molecule has 1 aliphatic heterocycles. The maximum Gasteiger partial charge on any atom is 0.431 e. The van der Waals surface area contributed by atoms with Gasteiger partial charge in [-0.2, -0.15) is 5.48 Å². The van der Waals surface area contributed by atoms with Crippen LogP contribution in [0.25, 0.3) is 0 Å². The summed E-state index contributed by atoms with van der Waals surface area (Å²) in [7, 11) is -1.31. The van der Waals surface area contributed by atoms with Crippen molar-refractivity contribution in [3.05, 3.63) is 23.8 Å². The average molecular weight is 872 g/mol. The number of hydroxylamine groups is 1.